The molecule has 3 rings (SSSR count). The molecular weight excluding hydrogens is 429 g/mol. The van der Waals surface area contributed by atoms with Crippen molar-refractivity contribution in [3.63, 3.8) is 0 Å². The molecule has 27 heavy (non-hydrogen) atoms. The highest BCUT2D eigenvalue weighted by Gasteiger charge is 2.46. The maximum atomic E-state index is 5.48. The second-order valence-corrected chi connectivity index (χ2v) is 20.3. The lowest BCUT2D eigenvalue weighted by molar-refractivity contribution is 0.171. The molecule has 0 N–H and O–H groups in total. The first-order chi connectivity index (χ1) is 12.5. The summed E-state index contributed by atoms with van der Waals surface area (Å²) in [5.74, 6) is 0. The van der Waals surface area contributed by atoms with Crippen molar-refractivity contribution in [3.05, 3.63) is 5.56 Å². The van der Waals surface area contributed by atoms with E-state index in [9.17, 15) is 0 Å². The lowest BCUT2D eigenvalue weighted by Crippen LogP contribution is -2.41. The first kappa shape index (κ1) is 22.4. The van der Waals surface area contributed by atoms with Crippen molar-refractivity contribution in [1.29, 1.82) is 0 Å². The van der Waals surface area contributed by atoms with Crippen LogP contribution in [0, 0.1) is 6.92 Å². The van der Waals surface area contributed by atoms with Gasteiger partial charge in [0, 0.05) is 47.0 Å². The Morgan fingerprint density at radius 1 is 0.778 bits per heavy atom. The summed E-state index contributed by atoms with van der Waals surface area (Å²) in [7, 11) is 2.13. The molecule has 1 aromatic rings. The highest BCUT2D eigenvalue weighted by Crippen LogP contribution is 2.65. The highest BCUT2D eigenvalue weighted by atomic mass is 32.2. The van der Waals surface area contributed by atoms with E-state index in [0.717, 1.165) is 26.1 Å². The third-order valence-corrected chi connectivity index (χ3v) is 13.8. The van der Waals surface area contributed by atoms with Gasteiger partial charge in [-0.2, -0.15) is 0 Å². The van der Waals surface area contributed by atoms with Gasteiger partial charge in [-0.15, -0.1) is 47.0 Å². The molecule has 0 radical (unpaired) electrons. The summed E-state index contributed by atoms with van der Waals surface area (Å²) in [6.45, 7) is 16.2. The van der Waals surface area contributed by atoms with Crippen molar-refractivity contribution < 1.29 is 9.47 Å². The number of benzene rings is 1. The van der Waals surface area contributed by atoms with Gasteiger partial charge in [0.25, 0.3) is 0 Å². The summed E-state index contributed by atoms with van der Waals surface area (Å²) >= 11 is 8.36. The summed E-state index contributed by atoms with van der Waals surface area (Å²) in [5, 5.41) is 1.69. The molecule has 0 spiro atoms. The fourth-order valence-corrected chi connectivity index (χ4v) is 13.8. The van der Waals surface area contributed by atoms with E-state index in [4.69, 9.17) is 9.47 Å². The van der Waals surface area contributed by atoms with Crippen molar-refractivity contribution in [1.82, 2.24) is 0 Å². The van der Waals surface area contributed by atoms with Gasteiger partial charge >= 0.3 is 0 Å². The van der Waals surface area contributed by atoms with Crippen LogP contribution in [0.2, 0.25) is 19.6 Å². The van der Waals surface area contributed by atoms with Crippen LogP contribution in [0.1, 0.15) is 32.3 Å². The zero-order chi connectivity index (χ0) is 20.0. The molecule has 2 aliphatic heterocycles. The fraction of sp³-hybridized carbons (Fsp3) is 0.700. The Bertz CT molecular complexity index is 720. The van der Waals surface area contributed by atoms with Crippen LogP contribution >= 0.6 is 47.0 Å². The highest BCUT2D eigenvalue weighted by molar-refractivity contribution is 8.22. The summed E-state index contributed by atoms with van der Waals surface area (Å²) in [6, 6.07) is 0. The maximum Gasteiger partial charge on any atom is 0.0806 e. The summed E-state index contributed by atoms with van der Waals surface area (Å²) in [5.41, 5.74) is 1.50. The van der Waals surface area contributed by atoms with Gasteiger partial charge in [0.1, 0.15) is 0 Å². The van der Waals surface area contributed by atoms with Gasteiger partial charge in [0.15, 0.2) is 0 Å². The van der Waals surface area contributed by atoms with Gasteiger partial charge in [-0.05, 0) is 44.4 Å². The minimum atomic E-state index is -1.49. The van der Waals surface area contributed by atoms with E-state index >= 15 is 0 Å². The van der Waals surface area contributed by atoms with Crippen LogP contribution in [0.4, 0.5) is 0 Å². The first-order valence-electron chi connectivity index (χ1n) is 9.48. The van der Waals surface area contributed by atoms with Gasteiger partial charge in [0.2, 0.25) is 0 Å². The first-order valence-corrected chi connectivity index (χ1v) is 16.2. The third kappa shape index (κ3) is 4.44. The lowest BCUT2D eigenvalue weighted by Gasteiger charge is -2.28. The molecule has 7 heteroatoms. The Kier molecular flexibility index (Phi) is 6.75. The average Bonchev–Trinajstić information content (AvgIpc) is 3.08. The van der Waals surface area contributed by atoms with E-state index in [-0.39, 0.29) is 8.16 Å². The largest absolute Gasteiger partial charge is 0.385 e. The van der Waals surface area contributed by atoms with Crippen LogP contribution in [0.3, 0.4) is 0 Å². The quantitative estimate of drug-likeness (QED) is 0.433. The minimum absolute atomic E-state index is 0.132. The topological polar surface area (TPSA) is 18.5 Å². The van der Waals surface area contributed by atoms with Crippen LogP contribution in [-0.2, 0) is 9.47 Å². The van der Waals surface area contributed by atoms with Crippen LogP contribution in [0.5, 0.6) is 0 Å². The Labute approximate surface area is 183 Å². The molecule has 0 unspecified atom stereocenters. The molecule has 0 fully saturated rings. The predicted octanol–water partition coefficient (Wildman–Crippen LogP) is 6.44. The maximum absolute atomic E-state index is 5.48. The van der Waals surface area contributed by atoms with E-state index in [1.807, 2.05) is 14.2 Å². The zero-order valence-corrected chi connectivity index (χ0v) is 22.0. The number of ether oxygens (including phenoxy) is 2. The smallest absolute Gasteiger partial charge is 0.0806 e. The summed E-state index contributed by atoms with van der Waals surface area (Å²) in [4.78, 5) is 6.24. The fourth-order valence-electron chi connectivity index (χ4n) is 3.65. The molecular formula is C20H32O2S4Si. The Morgan fingerprint density at radius 3 is 1.74 bits per heavy atom. The van der Waals surface area contributed by atoms with E-state index < -0.39 is 8.07 Å². The van der Waals surface area contributed by atoms with Crippen molar-refractivity contribution in [2.45, 2.75) is 81.0 Å². The van der Waals surface area contributed by atoms with E-state index in [1.54, 1.807) is 19.9 Å². The monoisotopic (exact) mass is 460 g/mol. The van der Waals surface area contributed by atoms with Crippen LogP contribution in [-0.4, -0.2) is 43.7 Å². The molecule has 0 amide bonds. The molecule has 2 heterocycles. The molecule has 0 bridgehead atoms. The summed E-state index contributed by atoms with van der Waals surface area (Å²) < 4.78 is 11.3. The predicted molar refractivity (Wildman–Crippen MR) is 127 cm³/mol. The van der Waals surface area contributed by atoms with Crippen molar-refractivity contribution >= 4 is 60.3 Å². The standard InChI is InChI=1S/C20H32O2S4Si/c1-13-14-16(24-19(2,3)23-14)18(27(6,7)8)17-15(13)25-20(26-17,9-11-21-4)10-12-22-5/h9-12H2,1-8H3. The number of methoxy groups -OCH3 is 2. The third-order valence-electron chi connectivity index (χ3n) is 4.94. The van der Waals surface area contributed by atoms with E-state index in [2.05, 4.69) is 87.5 Å². The Hall–Kier alpha value is 0.757. The zero-order valence-electron chi connectivity index (χ0n) is 17.8. The minimum Gasteiger partial charge on any atom is -0.385 e. The van der Waals surface area contributed by atoms with Crippen LogP contribution in [0.15, 0.2) is 19.6 Å². The number of fused-ring (bicyclic) bond motifs is 2. The molecule has 0 aliphatic carbocycles. The molecule has 0 atom stereocenters. The molecule has 2 nitrogen and oxygen atoms in total. The number of thioether (sulfide) groups is 4. The molecule has 0 aromatic heterocycles. The van der Waals surface area contributed by atoms with Gasteiger partial charge in [-0.3, -0.25) is 0 Å². The molecule has 152 valence electrons. The Balaban J connectivity index is 2.12. The second-order valence-electron chi connectivity index (χ2n) is 8.77. The van der Waals surface area contributed by atoms with Gasteiger partial charge in [-0.25, -0.2) is 0 Å². The molecule has 1 aromatic carbocycles. The van der Waals surface area contributed by atoms with Crippen LogP contribution < -0.4 is 5.19 Å². The second kappa shape index (κ2) is 8.12. The SMILES string of the molecule is COCCC1(CCOC)Sc2c(C)c3c(c([Si](C)(C)C)c2S1)SC(C)(C)S3. The number of rotatable bonds is 7. The number of hydrogen-bond donors (Lipinski definition) is 0. The van der Waals surface area contributed by atoms with Gasteiger partial charge < -0.3 is 9.47 Å². The van der Waals surface area contributed by atoms with Gasteiger partial charge in [0.05, 0.1) is 16.2 Å². The summed E-state index contributed by atoms with van der Waals surface area (Å²) in [6.07, 6.45) is 2.11. The van der Waals surface area contributed by atoms with Crippen LogP contribution in [0.25, 0.3) is 0 Å². The van der Waals surface area contributed by atoms with Gasteiger partial charge in [-0.1, -0.05) is 19.6 Å². The Morgan fingerprint density at radius 2 is 1.22 bits per heavy atom. The van der Waals surface area contributed by atoms with Crippen molar-refractivity contribution in [3.8, 4) is 0 Å². The molecule has 0 saturated heterocycles. The van der Waals surface area contributed by atoms with E-state index in [1.165, 1.54) is 10.5 Å². The normalized spacial score (nSPS) is 20.0. The average molecular weight is 461 g/mol. The lowest BCUT2D eigenvalue weighted by atomic mass is 10.2. The number of hydrogen-bond acceptors (Lipinski definition) is 6. The van der Waals surface area contributed by atoms with E-state index in [0.29, 0.717) is 0 Å². The van der Waals surface area contributed by atoms with Crippen molar-refractivity contribution in [2.75, 3.05) is 27.4 Å². The van der Waals surface area contributed by atoms with Crippen molar-refractivity contribution in [2.24, 2.45) is 0 Å². The molecule has 2 aliphatic rings. The molecule has 0 saturated carbocycles.